The first-order chi connectivity index (χ1) is 9.15. The highest BCUT2D eigenvalue weighted by atomic mass is 32.1. The summed E-state index contributed by atoms with van der Waals surface area (Å²) < 4.78 is 0. The average Bonchev–Trinajstić information content (AvgIpc) is 3.04. The summed E-state index contributed by atoms with van der Waals surface area (Å²) in [6.45, 7) is 5.53. The second kappa shape index (κ2) is 6.86. The molecule has 1 atom stereocenters. The number of carbonyl (C=O) groups is 1. The molecule has 1 aromatic rings. The molecule has 2 rings (SSSR count). The summed E-state index contributed by atoms with van der Waals surface area (Å²) in [4.78, 5) is 17.4. The molecule has 1 aromatic heterocycles. The highest BCUT2D eigenvalue weighted by Gasteiger charge is 2.17. The fraction of sp³-hybridized carbons (Fsp3) is 0.692. The van der Waals surface area contributed by atoms with Crippen LogP contribution in [0.4, 0.5) is 5.13 Å². The molecule has 0 radical (unpaired) electrons. The van der Waals surface area contributed by atoms with E-state index in [0.29, 0.717) is 12.5 Å². The molecule has 0 bridgehead atoms. The number of nitrogens with zero attached hydrogens (tertiary/aromatic N) is 2. The summed E-state index contributed by atoms with van der Waals surface area (Å²) in [5.41, 5.74) is 0.865. The van der Waals surface area contributed by atoms with Crippen LogP contribution in [0.15, 0.2) is 5.38 Å². The second-order valence-corrected chi connectivity index (χ2v) is 5.87. The van der Waals surface area contributed by atoms with E-state index in [4.69, 9.17) is 5.11 Å². The smallest absolute Gasteiger partial charge is 0.303 e. The summed E-state index contributed by atoms with van der Waals surface area (Å²) in [6, 6.07) is 0.522. The van der Waals surface area contributed by atoms with Gasteiger partial charge in [-0.3, -0.25) is 9.69 Å². The van der Waals surface area contributed by atoms with Crippen molar-refractivity contribution in [3.63, 3.8) is 0 Å². The van der Waals surface area contributed by atoms with Gasteiger partial charge in [0.2, 0.25) is 0 Å². The van der Waals surface area contributed by atoms with E-state index in [-0.39, 0.29) is 6.42 Å². The maximum absolute atomic E-state index is 10.5. The van der Waals surface area contributed by atoms with Crippen LogP contribution in [0.1, 0.15) is 31.9 Å². The zero-order chi connectivity index (χ0) is 13.7. The van der Waals surface area contributed by atoms with Crippen molar-refractivity contribution in [2.75, 3.05) is 25.0 Å². The van der Waals surface area contributed by atoms with Crippen molar-refractivity contribution < 1.29 is 9.90 Å². The van der Waals surface area contributed by atoms with Gasteiger partial charge in [-0.25, -0.2) is 4.98 Å². The second-order valence-electron chi connectivity index (χ2n) is 5.01. The molecule has 19 heavy (non-hydrogen) atoms. The highest BCUT2D eigenvalue weighted by molar-refractivity contribution is 7.13. The van der Waals surface area contributed by atoms with Crippen LogP contribution in [-0.2, 0) is 11.2 Å². The molecule has 0 spiro atoms. The number of nitrogens with one attached hydrogen (secondary N) is 1. The van der Waals surface area contributed by atoms with Crippen molar-refractivity contribution in [3.05, 3.63) is 11.1 Å². The quantitative estimate of drug-likeness (QED) is 0.802. The maximum Gasteiger partial charge on any atom is 0.303 e. The summed E-state index contributed by atoms with van der Waals surface area (Å²) >= 11 is 1.55. The molecule has 1 unspecified atom stereocenters. The lowest BCUT2D eigenvalue weighted by atomic mass is 10.2. The number of carboxylic acids is 1. The van der Waals surface area contributed by atoms with Gasteiger partial charge in [0.1, 0.15) is 0 Å². The molecule has 0 saturated carbocycles. The Balaban J connectivity index is 1.74. The van der Waals surface area contributed by atoms with Gasteiger partial charge < -0.3 is 10.4 Å². The minimum absolute atomic E-state index is 0.146. The van der Waals surface area contributed by atoms with Crippen molar-refractivity contribution >= 4 is 22.4 Å². The van der Waals surface area contributed by atoms with E-state index in [2.05, 4.69) is 22.1 Å². The van der Waals surface area contributed by atoms with Crippen LogP contribution in [0.5, 0.6) is 0 Å². The molecule has 2 heterocycles. The number of thiazole rings is 1. The van der Waals surface area contributed by atoms with Gasteiger partial charge in [0.05, 0.1) is 12.1 Å². The van der Waals surface area contributed by atoms with Crippen LogP contribution in [0.3, 0.4) is 0 Å². The molecule has 0 aromatic carbocycles. The van der Waals surface area contributed by atoms with Crippen LogP contribution < -0.4 is 5.32 Å². The fourth-order valence-corrected chi connectivity index (χ4v) is 3.04. The van der Waals surface area contributed by atoms with Crippen molar-refractivity contribution in [2.45, 2.75) is 38.6 Å². The first-order valence-corrected chi connectivity index (χ1v) is 7.67. The molecule has 2 N–H and O–H groups in total. The van der Waals surface area contributed by atoms with Gasteiger partial charge in [-0.15, -0.1) is 11.3 Å². The topological polar surface area (TPSA) is 65.5 Å². The van der Waals surface area contributed by atoms with Crippen LogP contribution in [-0.4, -0.2) is 46.6 Å². The summed E-state index contributed by atoms with van der Waals surface area (Å²) in [5.74, 6) is -0.773. The normalized spacial score (nSPS) is 17.5. The number of aromatic nitrogens is 1. The van der Waals surface area contributed by atoms with Gasteiger partial charge in [0, 0.05) is 24.4 Å². The molecular weight excluding hydrogens is 262 g/mol. The maximum atomic E-state index is 10.5. The number of aliphatic carboxylic acids is 1. The largest absolute Gasteiger partial charge is 0.481 e. The Bertz CT molecular complexity index is 416. The van der Waals surface area contributed by atoms with E-state index in [1.165, 1.54) is 25.9 Å². The van der Waals surface area contributed by atoms with Crippen LogP contribution >= 0.6 is 11.3 Å². The van der Waals surface area contributed by atoms with Crippen molar-refractivity contribution in [1.82, 2.24) is 9.88 Å². The SMILES string of the molecule is CC(CNc1nc(CCC(=O)O)cs1)N1CCCC1. The predicted octanol–water partition coefficient (Wildman–Crippen LogP) is 2.06. The third kappa shape index (κ3) is 4.47. The van der Waals surface area contributed by atoms with Gasteiger partial charge >= 0.3 is 5.97 Å². The highest BCUT2D eigenvalue weighted by Crippen LogP contribution is 2.18. The summed E-state index contributed by atoms with van der Waals surface area (Å²) in [5, 5.41) is 14.8. The Morgan fingerprint density at radius 3 is 3.00 bits per heavy atom. The zero-order valence-electron chi connectivity index (χ0n) is 11.3. The number of hydrogen-bond acceptors (Lipinski definition) is 5. The first kappa shape index (κ1) is 14.3. The third-order valence-electron chi connectivity index (χ3n) is 3.46. The molecule has 106 valence electrons. The fourth-order valence-electron chi connectivity index (χ4n) is 2.28. The van der Waals surface area contributed by atoms with E-state index >= 15 is 0 Å². The van der Waals surface area contributed by atoms with Crippen molar-refractivity contribution in [2.24, 2.45) is 0 Å². The average molecular weight is 283 g/mol. The lowest BCUT2D eigenvalue weighted by Gasteiger charge is -2.23. The molecule has 1 aliphatic heterocycles. The van der Waals surface area contributed by atoms with E-state index in [0.717, 1.165) is 17.4 Å². The van der Waals surface area contributed by atoms with Gasteiger partial charge in [0.25, 0.3) is 0 Å². The van der Waals surface area contributed by atoms with Crippen molar-refractivity contribution in [3.8, 4) is 0 Å². The molecule has 0 amide bonds. The van der Waals surface area contributed by atoms with Crippen molar-refractivity contribution in [1.29, 1.82) is 0 Å². The van der Waals surface area contributed by atoms with E-state index in [1.807, 2.05) is 5.38 Å². The monoisotopic (exact) mass is 283 g/mol. The van der Waals surface area contributed by atoms with Crippen LogP contribution in [0.2, 0.25) is 0 Å². The Labute approximate surface area is 117 Å². The Hall–Kier alpha value is -1.14. The predicted molar refractivity (Wildman–Crippen MR) is 76.8 cm³/mol. The molecule has 1 fully saturated rings. The number of aryl methyl sites for hydroxylation is 1. The number of rotatable bonds is 7. The molecule has 1 saturated heterocycles. The lowest BCUT2D eigenvalue weighted by Crippen LogP contribution is -2.35. The Morgan fingerprint density at radius 2 is 2.32 bits per heavy atom. The first-order valence-electron chi connectivity index (χ1n) is 6.79. The number of hydrogen-bond donors (Lipinski definition) is 2. The lowest BCUT2D eigenvalue weighted by molar-refractivity contribution is -0.136. The Morgan fingerprint density at radius 1 is 1.58 bits per heavy atom. The summed E-state index contributed by atoms with van der Waals surface area (Å²) in [7, 11) is 0. The number of likely N-dealkylation sites (tertiary alicyclic amines) is 1. The van der Waals surface area contributed by atoms with Gasteiger partial charge in [-0.05, 0) is 32.9 Å². The molecule has 0 aliphatic carbocycles. The van der Waals surface area contributed by atoms with E-state index in [1.54, 1.807) is 11.3 Å². The zero-order valence-corrected chi connectivity index (χ0v) is 12.1. The standard InChI is InChI=1S/C13H21N3O2S/c1-10(16-6-2-3-7-16)8-14-13-15-11(9-19-13)4-5-12(17)18/h9-10H,2-8H2,1H3,(H,14,15)(H,17,18). The van der Waals surface area contributed by atoms with Gasteiger partial charge in [-0.2, -0.15) is 0 Å². The van der Waals surface area contributed by atoms with E-state index < -0.39 is 5.97 Å². The molecule has 5 nitrogen and oxygen atoms in total. The number of carboxylic acid groups (broad SMARTS) is 1. The number of anilines is 1. The Kier molecular flexibility index (Phi) is 5.15. The minimum Gasteiger partial charge on any atom is -0.481 e. The van der Waals surface area contributed by atoms with Gasteiger partial charge in [-0.1, -0.05) is 0 Å². The third-order valence-corrected chi connectivity index (χ3v) is 4.31. The van der Waals surface area contributed by atoms with Crippen LogP contribution in [0.25, 0.3) is 0 Å². The molecule has 6 heteroatoms. The molecule has 1 aliphatic rings. The van der Waals surface area contributed by atoms with Crippen LogP contribution in [0, 0.1) is 0 Å². The van der Waals surface area contributed by atoms with Gasteiger partial charge in [0.15, 0.2) is 5.13 Å². The van der Waals surface area contributed by atoms with E-state index in [9.17, 15) is 4.79 Å². The molecular formula is C13H21N3O2S. The minimum atomic E-state index is -0.773. The summed E-state index contributed by atoms with van der Waals surface area (Å²) in [6.07, 6.45) is 3.27.